The number of ether oxygens (including phenoxy) is 1. The van der Waals surface area contributed by atoms with Crippen molar-refractivity contribution in [1.82, 2.24) is 10.2 Å². The van der Waals surface area contributed by atoms with Gasteiger partial charge in [-0.1, -0.05) is 13.8 Å². The van der Waals surface area contributed by atoms with Crippen LogP contribution in [-0.4, -0.2) is 49.1 Å². The van der Waals surface area contributed by atoms with Gasteiger partial charge in [0, 0.05) is 37.5 Å². The number of likely N-dealkylation sites (tertiary alicyclic amines) is 1. The average molecular weight is 283 g/mol. The van der Waals surface area contributed by atoms with Crippen molar-refractivity contribution in [2.45, 2.75) is 53.0 Å². The minimum absolute atomic E-state index is 0.0932. The molecule has 0 aliphatic carbocycles. The van der Waals surface area contributed by atoms with Crippen LogP contribution in [0.3, 0.4) is 0 Å². The number of nitrogens with one attached hydrogen (secondary N) is 1. The molecule has 1 aliphatic rings. The van der Waals surface area contributed by atoms with Crippen LogP contribution in [0.1, 0.15) is 47.5 Å². The average Bonchev–Trinajstić information content (AvgIpc) is 2.37. The number of nitrogens with zero attached hydrogens (tertiary/aromatic N) is 2. The smallest absolute Gasteiger partial charge is 0.305 e. The van der Waals surface area contributed by atoms with Gasteiger partial charge in [0.15, 0.2) is 5.96 Å². The third-order valence-electron chi connectivity index (χ3n) is 4.50. The van der Waals surface area contributed by atoms with Crippen LogP contribution in [0.25, 0.3) is 0 Å². The highest BCUT2D eigenvalue weighted by atomic mass is 16.5. The summed E-state index contributed by atoms with van der Waals surface area (Å²) >= 11 is 0. The topological polar surface area (TPSA) is 53.9 Å². The van der Waals surface area contributed by atoms with Crippen molar-refractivity contribution in [2.75, 3.05) is 26.7 Å². The van der Waals surface area contributed by atoms with E-state index in [2.05, 4.69) is 42.9 Å². The summed E-state index contributed by atoms with van der Waals surface area (Å²) in [6.45, 7) is 13.0. The van der Waals surface area contributed by atoms with Crippen LogP contribution >= 0.6 is 0 Å². The third kappa shape index (κ3) is 3.44. The molecule has 0 aromatic carbocycles. The molecule has 5 heteroatoms. The van der Waals surface area contributed by atoms with Gasteiger partial charge in [-0.3, -0.25) is 9.79 Å². The van der Waals surface area contributed by atoms with Crippen molar-refractivity contribution >= 4 is 11.9 Å². The molecule has 1 fully saturated rings. The molecule has 5 nitrogen and oxygen atoms in total. The Morgan fingerprint density at radius 2 is 2.00 bits per heavy atom. The predicted octanol–water partition coefficient (Wildman–Crippen LogP) is 2.03. The fourth-order valence-corrected chi connectivity index (χ4v) is 2.36. The van der Waals surface area contributed by atoms with E-state index in [1.807, 2.05) is 6.92 Å². The highest BCUT2D eigenvalue weighted by Gasteiger charge is 2.53. The fraction of sp³-hybridized carbons (Fsp3) is 0.867. The minimum atomic E-state index is -0.130. The van der Waals surface area contributed by atoms with Crippen molar-refractivity contribution in [1.29, 1.82) is 0 Å². The largest absolute Gasteiger partial charge is 0.466 e. The summed E-state index contributed by atoms with van der Waals surface area (Å²) in [6.07, 6.45) is 1.21. The van der Waals surface area contributed by atoms with Crippen LogP contribution in [0.5, 0.6) is 0 Å². The van der Waals surface area contributed by atoms with E-state index in [4.69, 9.17) is 4.74 Å². The number of rotatable bonds is 5. The number of hydrogen-bond acceptors (Lipinski definition) is 3. The molecule has 1 saturated heterocycles. The normalized spacial score (nSPS) is 20.3. The number of esters is 1. The van der Waals surface area contributed by atoms with Crippen molar-refractivity contribution in [3.63, 3.8) is 0 Å². The molecule has 116 valence electrons. The Hall–Kier alpha value is -1.26. The summed E-state index contributed by atoms with van der Waals surface area (Å²) in [5.41, 5.74) is 0.380. The number of guanidine groups is 1. The monoisotopic (exact) mass is 283 g/mol. The first-order chi connectivity index (χ1) is 9.26. The van der Waals surface area contributed by atoms with Crippen LogP contribution in [0, 0.1) is 5.41 Å². The predicted molar refractivity (Wildman–Crippen MR) is 81.8 cm³/mol. The number of aliphatic imine (C=N–C) groups is 1. The molecule has 0 aromatic rings. The summed E-state index contributed by atoms with van der Waals surface area (Å²) in [4.78, 5) is 17.9. The van der Waals surface area contributed by atoms with Gasteiger partial charge in [-0.2, -0.15) is 0 Å². The van der Waals surface area contributed by atoms with Gasteiger partial charge in [-0.15, -0.1) is 0 Å². The molecule has 1 heterocycles. The zero-order chi connectivity index (χ0) is 15.4. The second kappa shape index (κ2) is 6.46. The third-order valence-corrected chi connectivity index (χ3v) is 4.50. The Kier molecular flexibility index (Phi) is 5.42. The molecule has 0 saturated carbocycles. The van der Waals surface area contributed by atoms with Crippen LogP contribution in [-0.2, 0) is 9.53 Å². The highest BCUT2D eigenvalue weighted by molar-refractivity contribution is 5.82. The maximum absolute atomic E-state index is 11.3. The van der Waals surface area contributed by atoms with E-state index in [0.29, 0.717) is 13.0 Å². The number of hydrogen-bond donors (Lipinski definition) is 1. The van der Waals surface area contributed by atoms with Gasteiger partial charge in [-0.05, 0) is 27.2 Å². The summed E-state index contributed by atoms with van der Waals surface area (Å²) in [7, 11) is 1.80. The molecule has 1 rings (SSSR count). The first-order valence-electron chi connectivity index (χ1n) is 7.40. The van der Waals surface area contributed by atoms with Gasteiger partial charge in [0.1, 0.15) is 0 Å². The van der Waals surface area contributed by atoms with Gasteiger partial charge in [0.05, 0.1) is 6.61 Å². The molecule has 0 bridgehead atoms. The van der Waals surface area contributed by atoms with Crippen LogP contribution in [0.15, 0.2) is 4.99 Å². The Morgan fingerprint density at radius 1 is 1.35 bits per heavy atom. The Bertz CT molecular complexity index is 375. The number of carbonyl (C=O) groups excluding carboxylic acids is 1. The molecule has 1 N–H and O–H groups in total. The standard InChI is InChI=1S/C15H29N3O2/c1-7-20-12(19)9-8-10-17-13(16-6)18-11-14(2,3)15(18,4)5/h7-11H2,1-6H3,(H,16,17). The van der Waals surface area contributed by atoms with Crippen LogP contribution in [0.2, 0.25) is 0 Å². The second-order valence-corrected chi connectivity index (χ2v) is 6.41. The SMILES string of the molecule is CCOC(=O)CCCNC(=NC)N1CC(C)(C)C1(C)C. The molecule has 0 amide bonds. The first kappa shape index (κ1) is 16.8. The molecule has 1 aliphatic heterocycles. The van der Waals surface area contributed by atoms with E-state index in [1.165, 1.54) is 0 Å². The van der Waals surface area contributed by atoms with Gasteiger partial charge < -0.3 is 15.0 Å². The van der Waals surface area contributed by atoms with E-state index in [9.17, 15) is 4.79 Å². The lowest BCUT2D eigenvalue weighted by Crippen LogP contribution is -2.72. The highest BCUT2D eigenvalue weighted by Crippen LogP contribution is 2.46. The molecule has 0 unspecified atom stereocenters. The lowest BCUT2D eigenvalue weighted by atomic mass is 9.65. The second-order valence-electron chi connectivity index (χ2n) is 6.41. The van der Waals surface area contributed by atoms with Crippen molar-refractivity contribution in [3.8, 4) is 0 Å². The first-order valence-corrected chi connectivity index (χ1v) is 7.40. The van der Waals surface area contributed by atoms with E-state index < -0.39 is 0 Å². The van der Waals surface area contributed by atoms with Crippen LogP contribution < -0.4 is 5.32 Å². The lowest BCUT2D eigenvalue weighted by molar-refractivity contribution is -0.143. The maximum atomic E-state index is 11.3. The van der Waals surface area contributed by atoms with Crippen molar-refractivity contribution < 1.29 is 9.53 Å². The number of carbonyl (C=O) groups is 1. The van der Waals surface area contributed by atoms with Gasteiger partial charge >= 0.3 is 5.97 Å². The molecule has 0 radical (unpaired) electrons. The lowest BCUT2D eigenvalue weighted by Gasteiger charge is -2.62. The summed E-state index contributed by atoms with van der Waals surface area (Å²) in [5.74, 6) is 0.785. The van der Waals surface area contributed by atoms with Crippen molar-refractivity contribution in [2.24, 2.45) is 10.4 Å². The summed E-state index contributed by atoms with van der Waals surface area (Å²) in [6, 6.07) is 0. The summed E-state index contributed by atoms with van der Waals surface area (Å²) in [5, 5.41) is 3.33. The molecule has 0 atom stereocenters. The molecular formula is C15H29N3O2. The van der Waals surface area contributed by atoms with Gasteiger partial charge in [0.25, 0.3) is 0 Å². The van der Waals surface area contributed by atoms with E-state index >= 15 is 0 Å². The van der Waals surface area contributed by atoms with Gasteiger partial charge in [0.2, 0.25) is 0 Å². The van der Waals surface area contributed by atoms with E-state index in [0.717, 1.165) is 25.5 Å². The molecule has 20 heavy (non-hydrogen) atoms. The van der Waals surface area contributed by atoms with Crippen molar-refractivity contribution in [3.05, 3.63) is 0 Å². The minimum Gasteiger partial charge on any atom is -0.466 e. The molecule has 0 aromatic heterocycles. The van der Waals surface area contributed by atoms with Crippen LogP contribution in [0.4, 0.5) is 0 Å². The Labute approximate surface area is 122 Å². The zero-order valence-electron chi connectivity index (χ0n) is 13.7. The maximum Gasteiger partial charge on any atom is 0.305 e. The Balaban J connectivity index is 2.38. The molecule has 0 spiro atoms. The quantitative estimate of drug-likeness (QED) is 0.363. The van der Waals surface area contributed by atoms with E-state index in [1.54, 1.807) is 7.05 Å². The van der Waals surface area contributed by atoms with Gasteiger partial charge in [-0.25, -0.2) is 0 Å². The fourth-order valence-electron chi connectivity index (χ4n) is 2.36. The molecular weight excluding hydrogens is 254 g/mol. The zero-order valence-corrected chi connectivity index (χ0v) is 13.7. The summed E-state index contributed by atoms with van der Waals surface area (Å²) < 4.78 is 4.91. The van der Waals surface area contributed by atoms with E-state index in [-0.39, 0.29) is 16.9 Å². The Morgan fingerprint density at radius 3 is 2.45 bits per heavy atom.